The van der Waals surface area contributed by atoms with Crippen molar-refractivity contribution in [2.45, 2.75) is 44.6 Å². The number of hydrogen-bond donors (Lipinski definition) is 2. The lowest BCUT2D eigenvalue weighted by Crippen LogP contribution is -2.42. The van der Waals surface area contributed by atoms with Crippen molar-refractivity contribution in [2.75, 3.05) is 19.6 Å². The monoisotopic (exact) mass is 357 g/mol. The molecular formula is C20H28FN5. The summed E-state index contributed by atoms with van der Waals surface area (Å²) >= 11 is 0. The maximum atomic E-state index is 13.2. The van der Waals surface area contributed by atoms with Gasteiger partial charge in [-0.2, -0.15) is 5.10 Å². The summed E-state index contributed by atoms with van der Waals surface area (Å²) in [4.78, 5) is 4.82. The van der Waals surface area contributed by atoms with Crippen LogP contribution in [0.15, 0.2) is 47.7 Å². The number of aromatic nitrogens is 2. The van der Waals surface area contributed by atoms with Gasteiger partial charge >= 0.3 is 0 Å². The van der Waals surface area contributed by atoms with Gasteiger partial charge in [0.2, 0.25) is 0 Å². The molecule has 2 aromatic rings. The first-order valence-electron chi connectivity index (χ1n) is 9.47. The second-order valence-electron chi connectivity index (χ2n) is 6.89. The van der Waals surface area contributed by atoms with Crippen molar-refractivity contribution >= 4 is 5.96 Å². The lowest BCUT2D eigenvalue weighted by atomic mass is 9.64. The molecule has 26 heavy (non-hydrogen) atoms. The van der Waals surface area contributed by atoms with Gasteiger partial charge in [0.25, 0.3) is 0 Å². The van der Waals surface area contributed by atoms with Gasteiger partial charge in [0.1, 0.15) is 5.82 Å². The van der Waals surface area contributed by atoms with Crippen LogP contribution in [0.25, 0.3) is 0 Å². The molecule has 0 amide bonds. The smallest absolute Gasteiger partial charge is 0.191 e. The van der Waals surface area contributed by atoms with Crippen LogP contribution in [0, 0.1) is 5.82 Å². The fourth-order valence-electron chi connectivity index (χ4n) is 3.40. The van der Waals surface area contributed by atoms with Crippen LogP contribution < -0.4 is 10.6 Å². The maximum absolute atomic E-state index is 13.2. The summed E-state index contributed by atoms with van der Waals surface area (Å²) < 4.78 is 15.2. The molecule has 6 heteroatoms. The Bertz CT molecular complexity index is 690. The van der Waals surface area contributed by atoms with E-state index in [0.29, 0.717) is 0 Å². The molecule has 1 aliphatic carbocycles. The first-order chi connectivity index (χ1) is 12.7. The summed E-state index contributed by atoms with van der Waals surface area (Å²) in [6, 6.07) is 8.87. The molecule has 1 aromatic heterocycles. The molecule has 0 spiro atoms. The Hall–Kier alpha value is -2.37. The Balaban J connectivity index is 1.56. The molecule has 0 atom stereocenters. The first-order valence-corrected chi connectivity index (χ1v) is 9.47. The van der Waals surface area contributed by atoms with Crippen LogP contribution in [-0.2, 0) is 12.0 Å². The van der Waals surface area contributed by atoms with Crippen LogP contribution in [0.4, 0.5) is 4.39 Å². The SMILES string of the molecule is CCNC(=NCC1(c2ccc(F)cc2)CCC1)NCCCn1cccn1. The lowest BCUT2D eigenvalue weighted by Gasteiger charge is -2.41. The van der Waals surface area contributed by atoms with Crippen LogP contribution >= 0.6 is 0 Å². The highest BCUT2D eigenvalue weighted by Gasteiger charge is 2.38. The molecule has 1 fully saturated rings. The predicted octanol–water partition coefficient (Wildman–Crippen LogP) is 3.09. The summed E-state index contributed by atoms with van der Waals surface area (Å²) in [7, 11) is 0. The number of benzene rings is 1. The fraction of sp³-hybridized carbons (Fsp3) is 0.500. The number of rotatable bonds is 8. The number of hydrogen-bond acceptors (Lipinski definition) is 2. The van der Waals surface area contributed by atoms with E-state index in [9.17, 15) is 4.39 Å². The number of aliphatic imine (C=N–C) groups is 1. The van der Waals surface area contributed by atoms with Gasteiger partial charge in [-0.15, -0.1) is 0 Å². The highest BCUT2D eigenvalue weighted by molar-refractivity contribution is 5.79. The Morgan fingerprint density at radius 1 is 1.27 bits per heavy atom. The van der Waals surface area contributed by atoms with Crippen molar-refractivity contribution < 1.29 is 4.39 Å². The minimum atomic E-state index is -0.182. The normalized spacial score (nSPS) is 16.2. The second kappa shape index (κ2) is 8.83. The van der Waals surface area contributed by atoms with Crippen LogP contribution in [-0.4, -0.2) is 35.4 Å². The second-order valence-corrected chi connectivity index (χ2v) is 6.89. The molecule has 1 aliphatic rings. The Morgan fingerprint density at radius 3 is 2.69 bits per heavy atom. The summed E-state index contributed by atoms with van der Waals surface area (Å²) in [5.74, 6) is 0.667. The lowest BCUT2D eigenvalue weighted by molar-refractivity contribution is 0.253. The molecule has 1 heterocycles. The number of nitrogens with zero attached hydrogens (tertiary/aromatic N) is 3. The summed E-state index contributed by atoms with van der Waals surface area (Å²) in [6.07, 6.45) is 8.19. The average Bonchev–Trinajstić information content (AvgIpc) is 3.12. The Kier molecular flexibility index (Phi) is 6.26. The molecule has 0 bridgehead atoms. The third kappa shape index (κ3) is 4.62. The van der Waals surface area contributed by atoms with E-state index < -0.39 is 0 Å². The van der Waals surface area contributed by atoms with Gasteiger partial charge in [-0.05, 0) is 49.9 Å². The van der Waals surface area contributed by atoms with E-state index in [-0.39, 0.29) is 11.2 Å². The highest BCUT2D eigenvalue weighted by Crippen LogP contribution is 2.44. The van der Waals surface area contributed by atoms with Crippen LogP contribution in [0.5, 0.6) is 0 Å². The third-order valence-electron chi connectivity index (χ3n) is 5.07. The number of halogens is 1. The summed E-state index contributed by atoms with van der Waals surface area (Å²) in [5.41, 5.74) is 1.26. The van der Waals surface area contributed by atoms with Crippen LogP contribution in [0.1, 0.15) is 38.2 Å². The van der Waals surface area contributed by atoms with Crippen molar-refractivity contribution in [3.8, 4) is 0 Å². The Labute approximate surface area is 154 Å². The zero-order valence-corrected chi connectivity index (χ0v) is 15.4. The number of aryl methyl sites for hydroxylation is 1. The minimum Gasteiger partial charge on any atom is -0.357 e. The number of nitrogens with one attached hydrogen (secondary N) is 2. The molecule has 0 unspecified atom stereocenters. The van der Waals surface area contributed by atoms with E-state index in [2.05, 4.69) is 22.7 Å². The van der Waals surface area contributed by atoms with E-state index in [4.69, 9.17) is 4.99 Å². The van der Waals surface area contributed by atoms with Crippen molar-refractivity contribution in [1.82, 2.24) is 20.4 Å². The first kappa shape index (κ1) is 18.4. The van der Waals surface area contributed by atoms with Crippen LogP contribution in [0.2, 0.25) is 0 Å². The minimum absolute atomic E-state index is 0.0606. The zero-order chi connectivity index (χ0) is 18.2. The van der Waals surface area contributed by atoms with Crippen LogP contribution in [0.3, 0.4) is 0 Å². The molecule has 0 radical (unpaired) electrons. The topological polar surface area (TPSA) is 54.2 Å². The third-order valence-corrected chi connectivity index (χ3v) is 5.07. The Morgan fingerprint density at radius 2 is 2.08 bits per heavy atom. The zero-order valence-electron chi connectivity index (χ0n) is 15.4. The quantitative estimate of drug-likeness (QED) is 0.434. The molecule has 140 valence electrons. The summed E-state index contributed by atoms with van der Waals surface area (Å²) in [5, 5.41) is 10.9. The van der Waals surface area contributed by atoms with Gasteiger partial charge in [0.15, 0.2) is 5.96 Å². The highest BCUT2D eigenvalue weighted by atomic mass is 19.1. The van der Waals surface area contributed by atoms with Crippen molar-refractivity contribution in [1.29, 1.82) is 0 Å². The van der Waals surface area contributed by atoms with Gasteiger partial charge < -0.3 is 10.6 Å². The van der Waals surface area contributed by atoms with Gasteiger partial charge in [0, 0.05) is 37.4 Å². The molecule has 2 N–H and O–H groups in total. The standard InChI is InChI=1S/C20H28FN5/c1-2-22-19(23-12-4-14-26-15-5-13-25-26)24-16-20(10-3-11-20)17-6-8-18(21)9-7-17/h5-9,13,15H,2-4,10-12,14,16H2,1H3,(H2,22,23,24). The van der Waals surface area contributed by atoms with Gasteiger partial charge in [0.05, 0.1) is 6.54 Å². The van der Waals surface area contributed by atoms with Gasteiger partial charge in [-0.3, -0.25) is 9.67 Å². The molecule has 0 aliphatic heterocycles. The van der Waals surface area contributed by atoms with Crippen molar-refractivity contribution in [3.63, 3.8) is 0 Å². The largest absolute Gasteiger partial charge is 0.357 e. The van der Waals surface area contributed by atoms with Crippen molar-refractivity contribution in [3.05, 3.63) is 54.1 Å². The average molecular weight is 357 g/mol. The molecule has 1 aromatic carbocycles. The van der Waals surface area contributed by atoms with E-state index in [1.54, 1.807) is 18.3 Å². The molecule has 3 rings (SSSR count). The van der Waals surface area contributed by atoms with Gasteiger partial charge in [-0.1, -0.05) is 18.6 Å². The van der Waals surface area contributed by atoms with E-state index in [1.165, 1.54) is 12.0 Å². The summed E-state index contributed by atoms with van der Waals surface area (Å²) in [6.45, 7) is 5.36. The van der Waals surface area contributed by atoms with E-state index in [0.717, 1.165) is 51.4 Å². The maximum Gasteiger partial charge on any atom is 0.191 e. The van der Waals surface area contributed by atoms with E-state index in [1.807, 2.05) is 29.1 Å². The predicted molar refractivity (Wildman–Crippen MR) is 103 cm³/mol. The molecular weight excluding hydrogens is 329 g/mol. The van der Waals surface area contributed by atoms with Gasteiger partial charge in [-0.25, -0.2) is 4.39 Å². The fourth-order valence-corrected chi connectivity index (χ4v) is 3.40. The molecule has 1 saturated carbocycles. The number of guanidine groups is 1. The van der Waals surface area contributed by atoms with E-state index >= 15 is 0 Å². The molecule has 0 saturated heterocycles. The van der Waals surface area contributed by atoms with Crippen molar-refractivity contribution in [2.24, 2.45) is 4.99 Å². The molecule has 5 nitrogen and oxygen atoms in total.